The lowest BCUT2D eigenvalue weighted by molar-refractivity contribution is -0.128. The van der Waals surface area contributed by atoms with Crippen LogP contribution in [0.25, 0.3) is 10.2 Å². The molecule has 2 heterocycles. The van der Waals surface area contributed by atoms with E-state index in [0.29, 0.717) is 0 Å². The van der Waals surface area contributed by atoms with Gasteiger partial charge in [-0.15, -0.1) is 11.3 Å². The Kier molecular flexibility index (Phi) is 3.48. The summed E-state index contributed by atoms with van der Waals surface area (Å²) in [6.07, 6.45) is 0.966. The average Bonchev–Trinajstić information content (AvgIpc) is 2.77. The lowest BCUT2D eigenvalue weighted by Gasteiger charge is -2.24. The Labute approximate surface area is 122 Å². The van der Waals surface area contributed by atoms with Crippen LogP contribution in [-0.4, -0.2) is 42.0 Å². The van der Waals surface area contributed by atoms with Gasteiger partial charge in [-0.3, -0.25) is 4.79 Å². The van der Waals surface area contributed by atoms with Gasteiger partial charge in [-0.05, 0) is 18.6 Å². The second kappa shape index (κ2) is 5.28. The quantitative estimate of drug-likeness (QED) is 0.815. The third-order valence-electron chi connectivity index (χ3n) is 3.80. The minimum atomic E-state index is 0.148. The van der Waals surface area contributed by atoms with E-state index in [1.165, 1.54) is 0 Å². The first kappa shape index (κ1) is 13.2. The number of hydrogen-bond acceptors (Lipinski definition) is 5. The first-order valence-electron chi connectivity index (χ1n) is 6.79. The van der Waals surface area contributed by atoms with Gasteiger partial charge in [0.05, 0.1) is 21.6 Å². The number of carbonyl (C=O) groups is 1. The Hall–Kier alpha value is -1.82. The second-order valence-electron chi connectivity index (χ2n) is 5.04. The molecule has 1 fully saturated rings. The van der Waals surface area contributed by atoms with Crippen molar-refractivity contribution in [3.63, 3.8) is 0 Å². The average molecular weight is 290 g/mol. The normalized spacial score (nSPS) is 16.4. The van der Waals surface area contributed by atoms with Gasteiger partial charge in [-0.2, -0.15) is 0 Å². The number of nitrogen functional groups attached to an aromatic ring is 1. The van der Waals surface area contributed by atoms with Gasteiger partial charge in [0.1, 0.15) is 5.52 Å². The maximum Gasteiger partial charge on any atom is 0.219 e. The highest BCUT2D eigenvalue weighted by atomic mass is 32.1. The largest absolute Gasteiger partial charge is 0.395 e. The molecule has 2 N–H and O–H groups in total. The van der Waals surface area contributed by atoms with E-state index in [1.54, 1.807) is 18.3 Å². The van der Waals surface area contributed by atoms with E-state index in [9.17, 15) is 4.79 Å². The van der Waals surface area contributed by atoms with Crippen molar-refractivity contribution in [1.29, 1.82) is 0 Å². The van der Waals surface area contributed by atoms with Crippen LogP contribution >= 0.6 is 11.3 Å². The van der Waals surface area contributed by atoms with Crippen molar-refractivity contribution < 1.29 is 4.79 Å². The van der Waals surface area contributed by atoms with Crippen molar-refractivity contribution in [1.82, 2.24) is 9.88 Å². The highest BCUT2D eigenvalue weighted by molar-refractivity contribution is 7.16. The summed E-state index contributed by atoms with van der Waals surface area (Å²) in [5.41, 5.74) is 10.8. The topological polar surface area (TPSA) is 62.5 Å². The Morgan fingerprint density at radius 2 is 2.15 bits per heavy atom. The zero-order valence-electron chi connectivity index (χ0n) is 11.5. The van der Waals surface area contributed by atoms with Crippen LogP contribution in [0.5, 0.6) is 0 Å². The zero-order valence-corrected chi connectivity index (χ0v) is 12.3. The van der Waals surface area contributed by atoms with Crippen molar-refractivity contribution in [2.45, 2.75) is 13.3 Å². The van der Waals surface area contributed by atoms with Crippen molar-refractivity contribution in [3.05, 3.63) is 17.6 Å². The van der Waals surface area contributed by atoms with E-state index in [1.807, 2.05) is 10.4 Å². The molecule has 6 heteroatoms. The monoisotopic (exact) mass is 290 g/mol. The fraction of sp³-hybridized carbons (Fsp3) is 0.429. The Morgan fingerprint density at radius 3 is 2.95 bits per heavy atom. The van der Waals surface area contributed by atoms with Crippen LogP contribution in [0, 0.1) is 0 Å². The summed E-state index contributed by atoms with van der Waals surface area (Å²) in [6, 6.07) is 4.14. The molecule has 1 amide bonds. The number of hydrogen-bond donors (Lipinski definition) is 1. The van der Waals surface area contributed by atoms with Crippen molar-refractivity contribution in [2.75, 3.05) is 36.8 Å². The molecule has 0 atom stereocenters. The molecule has 0 spiro atoms. The highest BCUT2D eigenvalue weighted by Crippen LogP contribution is 2.32. The first-order valence-corrected chi connectivity index (χ1v) is 7.67. The highest BCUT2D eigenvalue weighted by Gasteiger charge is 2.19. The van der Waals surface area contributed by atoms with Crippen LogP contribution in [0.15, 0.2) is 17.6 Å². The fourth-order valence-electron chi connectivity index (χ4n) is 2.69. The molecule has 0 aliphatic carbocycles. The summed E-state index contributed by atoms with van der Waals surface area (Å²) in [4.78, 5) is 20.0. The molecular formula is C14H18N4OS. The van der Waals surface area contributed by atoms with Gasteiger partial charge in [0.15, 0.2) is 0 Å². The summed E-state index contributed by atoms with van der Waals surface area (Å²) >= 11 is 1.60. The predicted molar refractivity (Wildman–Crippen MR) is 83.1 cm³/mol. The van der Waals surface area contributed by atoms with Gasteiger partial charge >= 0.3 is 0 Å². The lowest BCUT2D eigenvalue weighted by atomic mass is 10.2. The molecular weight excluding hydrogens is 272 g/mol. The molecule has 1 aromatic carbocycles. The van der Waals surface area contributed by atoms with Crippen LogP contribution in [0.2, 0.25) is 0 Å². The third-order valence-corrected chi connectivity index (χ3v) is 4.59. The zero-order chi connectivity index (χ0) is 14.1. The summed E-state index contributed by atoms with van der Waals surface area (Å²) in [7, 11) is 0. The lowest BCUT2D eigenvalue weighted by Crippen LogP contribution is -2.33. The van der Waals surface area contributed by atoms with Crippen molar-refractivity contribution in [2.24, 2.45) is 0 Å². The molecule has 1 aromatic heterocycles. The van der Waals surface area contributed by atoms with Gasteiger partial charge in [0.2, 0.25) is 5.91 Å². The van der Waals surface area contributed by atoms with E-state index < -0.39 is 0 Å². The minimum Gasteiger partial charge on any atom is -0.395 e. The van der Waals surface area contributed by atoms with E-state index in [0.717, 1.165) is 54.2 Å². The third kappa shape index (κ3) is 2.31. The van der Waals surface area contributed by atoms with E-state index in [2.05, 4.69) is 22.0 Å². The molecule has 5 nitrogen and oxygen atoms in total. The molecule has 2 aromatic rings. The number of fused-ring (bicyclic) bond motifs is 1. The molecule has 1 aliphatic rings. The Morgan fingerprint density at radius 1 is 1.30 bits per heavy atom. The maximum absolute atomic E-state index is 11.5. The standard InChI is InChI=1S/C14H18N4OS/c1-10(19)17-5-2-6-18(8-7-17)11-3-4-12-14(13(11)15)16-9-20-12/h3-4,9H,2,5-8,15H2,1H3. The number of benzene rings is 1. The Bertz CT molecular complexity index is 639. The molecule has 3 rings (SSSR count). The SMILES string of the molecule is CC(=O)N1CCCN(c2ccc3scnc3c2N)CC1. The minimum absolute atomic E-state index is 0.148. The number of amides is 1. The summed E-state index contributed by atoms with van der Waals surface area (Å²) in [6.45, 7) is 4.95. The van der Waals surface area contributed by atoms with Crippen molar-refractivity contribution in [3.8, 4) is 0 Å². The summed E-state index contributed by atoms with van der Waals surface area (Å²) in [5, 5.41) is 0. The number of rotatable bonds is 1. The smallest absolute Gasteiger partial charge is 0.219 e. The molecule has 0 unspecified atom stereocenters. The van der Waals surface area contributed by atoms with Crippen LogP contribution in [0.1, 0.15) is 13.3 Å². The van der Waals surface area contributed by atoms with E-state index >= 15 is 0 Å². The van der Waals surface area contributed by atoms with Crippen molar-refractivity contribution >= 4 is 38.8 Å². The van der Waals surface area contributed by atoms with Crippen LogP contribution in [-0.2, 0) is 4.79 Å². The Balaban J connectivity index is 1.87. The first-order chi connectivity index (χ1) is 9.66. The van der Waals surface area contributed by atoms with Gasteiger partial charge in [-0.25, -0.2) is 4.98 Å². The number of aromatic nitrogens is 1. The molecule has 1 aliphatic heterocycles. The van der Waals surface area contributed by atoms with Crippen LogP contribution in [0.4, 0.5) is 11.4 Å². The molecule has 0 radical (unpaired) electrons. The molecule has 0 bridgehead atoms. The predicted octanol–water partition coefficient (Wildman–Crippen LogP) is 1.94. The number of thiazole rings is 1. The van der Waals surface area contributed by atoms with Gasteiger partial charge < -0.3 is 15.5 Å². The molecule has 1 saturated heterocycles. The van der Waals surface area contributed by atoms with Gasteiger partial charge in [-0.1, -0.05) is 0 Å². The number of anilines is 2. The van der Waals surface area contributed by atoms with Crippen LogP contribution < -0.4 is 10.6 Å². The number of nitrogens with two attached hydrogens (primary N) is 1. The number of carbonyl (C=O) groups excluding carboxylic acids is 1. The van der Waals surface area contributed by atoms with Gasteiger partial charge in [0, 0.05) is 33.1 Å². The number of nitrogens with zero attached hydrogens (tertiary/aromatic N) is 3. The van der Waals surface area contributed by atoms with Crippen LogP contribution in [0.3, 0.4) is 0 Å². The van der Waals surface area contributed by atoms with E-state index in [4.69, 9.17) is 5.73 Å². The molecule has 20 heavy (non-hydrogen) atoms. The van der Waals surface area contributed by atoms with Gasteiger partial charge in [0.25, 0.3) is 0 Å². The fourth-order valence-corrected chi connectivity index (χ4v) is 3.38. The second-order valence-corrected chi connectivity index (χ2v) is 5.93. The molecule has 106 valence electrons. The van der Waals surface area contributed by atoms with E-state index in [-0.39, 0.29) is 5.91 Å². The summed E-state index contributed by atoms with van der Waals surface area (Å²) in [5.74, 6) is 0.148. The molecule has 0 saturated carbocycles. The summed E-state index contributed by atoms with van der Waals surface area (Å²) < 4.78 is 1.12. The maximum atomic E-state index is 11.5.